The molecule has 0 spiro atoms. The monoisotopic (exact) mass is 253 g/mol. The predicted molar refractivity (Wildman–Crippen MR) is 38.0 cm³/mol. The van der Waals surface area contributed by atoms with E-state index in [0.717, 1.165) is 0 Å². The topological polar surface area (TPSA) is 116 Å². The molecule has 0 aromatic rings. The summed E-state index contributed by atoms with van der Waals surface area (Å²) in [7, 11) is 0. The van der Waals surface area contributed by atoms with Gasteiger partial charge in [0.05, 0.1) is 12.6 Å². The Bertz CT molecular complexity index is 160. The van der Waals surface area contributed by atoms with E-state index in [2.05, 4.69) is 0 Å². The van der Waals surface area contributed by atoms with Crippen molar-refractivity contribution in [2.45, 2.75) is 30.6 Å². The molecule has 1 aliphatic heterocycles. The number of hydrogen-bond donors (Lipinski definition) is 5. The van der Waals surface area contributed by atoms with E-state index in [1.807, 2.05) is 0 Å². The first-order valence-corrected chi connectivity index (χ1v) is 3.64. The first-order chi connectivity index (χ1) is 5.57. The molecule has 0 amide bonds. The summed E-state index contributed by atoms with van der Waals surface area (Å²) < 4.78 is 4.70. The van der Waals surface area contributed by atoms with Crippen LogP contribution in [-0.4, -0.2) is 57.7 Å². The molecule has 1 fully saturated rings. The van der Waals surface area contributed by atoms with E-state index in [1.54, 1.807) is 0 Å². The van der Waals surface area contributed by atoms with Crippen LogP contribution >= 0.6 is 0 Å². The van der Waals surface area contributed by atoms with Crippen LogP contribution in [0.2, 0.25) is 0 Å². The molecular formula is C6H13ClKNO5. The van der Waals surface area contributed by atoms with Crippen LogP contribution in [0.15, 0.2) is 0 Å². The number of aliphatic hydroxyl groups is 4. The van der Waals surface area contributed by atoms with Gasteiger partial charge in [-0.05, 0) is 0 Å². The van der Waals surface area contributed by atoms with Gasteiger partial charge in [0.25, 0.3) is 0 Å². The van der Waals surface area contributed by atoms with Crippen molar-refractivity contribution in [2.24, 2.45) is 5.73 Å². The predicted octanol–water partition coefficient (Wildman–Crippen LogP) is -9.25. The zero-order valence-electron chi connectivity index (χ0n) is 7.75. The van der Waals surface area contributed by atoms with Gasteiger partial charge in [-0.3, -0.25) is 0 Å². The molecule has 5 atom stereocenters. The second-order valence-corrected chi connectivity index (χ2v) is 2.81. The molecule has 14 heavy (non-hydrogen) atoms. The van der Waals surface area contributed by atoms with Crippen LogP contribution in [0.4, 0.5) is 0 Å². The zero-order valence-corrected chi connectivity index (χ0v) is 11.6. The maximum Gasteiger partial charge on any atom is 1.00 e. The Kier molecular flexibility index (Phi) is 10.2. The van der Waals surface area contributed by atoms with E-state index in [-0.39, 0.29) is 63.8 Å². The molecule has 0 aromatic carbocycles. The molecule has 1 aliphatic rings. The summed E-state index contributed by atoms with van der Waals surface area (Å²) in [6.07, 6.45) is -4.85. The van der Waals surface area contributed by atoms with Crippen molar-refractivity contribution in [1.29, 1.82) is 0 Å². The molecule has 1 heterocycles. The molecule has 0 unspecified atom stereocenters. The fourth-order valence-electron chi connectivity index (χ4n) is 1.12. The number of aliphatic hydroxyl groups excluding tert-OH is 4. The molecular weight excluding hydrogens is 241 g/mol. The van der Waals surface area contributed by atoms with Gasteiger partial charge in [0, 0.05) is 0 Å². The Morgan fingerprint density at radius 2 is 1.64 bits per heavy atom. The molecule has 1 saturated heterocycles. The molecule has 0 aromatic heterocycles. The Labute approximate surface area is 130 Å². The second kappa shape index (κ2) is 7.88. The standard InChI is InChI=1S/C6H13NO5.ClH.K/c7-3-5(10)4(9)2(1-8)12-6(3)11;;/h2-6,8-11H,1,7H2;1H;/q;;+1/p-1/t2-,3-,4-,5-,6-;;/m1../s1. The van der Waals surface area contributed by atoms with Crippen LogP contribution in [0.3, 0.4) is 0 Å². The summed E-state index contributed by atoms with van der Waals surface area (Å²) in [6, 6.07) is -1.04. The van der Waals surface area contributed by atoms with Crippen LogP contribution in [0, 0.1) is 0 Å². The van der Waals surface area contributed by atoms with Gasteiger partial charge in [-0.1, -0.05) is 0 Å². The van der Waals surface area contributed by atoms with Crippen molar-refractivity contribution >= 4 is 0 Å². The second-order valence-electron chi connectivity index (χ2n) is 2.81. The Balaban J connectivity index is 0. The van der Waals surface area contributed by atoms with Crippen LogP contribution < -0.4 is 69.5 Å². The van der Waals surface area contributed by atoms with Gasteiger partial charge in [-0.15, -0.1) is 0 Å². The fourth-order valence-corrected chi connectivity index (χ4v) is 1.12. The fraction of sp³-hybridized carbons (Fsp3) is 1.00. The van der Waals surface area contributed by atoms with E-state index in [9.17, 15) is 10.2 Å². The van der Waals surface area contributed by atoms with Crippen molar-refractivity contribution in [1.82, 2.24) is 0 Å². The Morgan fingerprint density at radius 3 is 2.07 bits per heavy atom. The van der Waals surface area contributed by atoms with E-state index in [1.165, 1.54) is 0 Å². The van der Waals surface area contributed by atoms with Crippen molar-refractivity contribution < 1.29 is 89.0 Å². The molecule has 0 radical (unpaired) electrons. The van der Waals surface area contributed by atoms with Crippen LogP contribution in [0.1, 0.15) is 0 Å². The van der Waals surface area contributed by atoms with Gasteiger partial charge < -0.3 is 43.3 Å². The molecule has 0 bridgehead atoms. The number of halogens is 1. The van der Waals surface area contributed by atoms with Crippen LogP contribution in [0.5, 0.6) is 0 Å². The van der Waals surface area contributed by atoms with Gasteiger partial charge in [0.2, 0.25) is 0 Å². The van der Waals surface area contributed by atoms with Gasteiger partial charge in [-0.2, -0.15) is 0 Å². The number of nitrogens with two attached hydrogens (primary N) is 1. The quantitative estimate of drug-likeness (QED) is 0.297. The molecule has 0 aliphatic carbocycles. The molecule has 0 saturated carbocycles. The average molecular weight is 254 g/mol. The van der Waals surface area contributed by atoms with E-state index in [4.69, 9.17) is 20.7 Å². The van der Waals surface area contributed by atoms with Crippen LogP contribution in [-0.2, 0) is 4.74 Å². The third kappa shape index (κ3) is 3.93. The van der Waals surface area contributed by atoms with Gasteiger partial charge in [0.15, 0.2) is 6.29 Å². The number of rotatable bonds is 1. The summed E-state index contributed by atoms with van der Waals surface area (Å²) in [5.41, 5.74) is 5.26. The summed E-state index contributed by atoms with van der Waals surface area (Å²) in [5.74, 6) is 0. The van der Waals surface area contributed by atoms with Gasteiger partial charge >= 0.3 is 51.4 Å². The molecule has 1 rings (SSSR count). The molecule has 6 N–H and O–H groups in total. The largest absolute Gasteiger partial charge is 1.00 e. The van der Waals surface area contributed by atoms with Gasteiger partial charge in [0.1, 0.15) is 18.3 Å². The normalized spacial score (nSPS) is 42.2. The summed E-state index contributed by atoms with van der Waals surface area (Å²) in [4.78, 5) is 0. The molecule has 80 valence electrons. The first kappa shape index (κ1) is 18.1. The average Bonchev–Trinajstić information content (AvgIpc) is 2.08. The third-order valence-electron chi connectivity index (χ3n) is 1.95. The number of ether oxygens (including phenoxy) is 1. The maximum atomic E-state index is 9.20. The van der Waals surface area contributed by atoms with Crippen molar-refractivity contribution in [3.63, 3.8) is 0 Å². The molecule has 8 heteroatoms. The SMILES string of the molecule is N[C@@H]1[C@@H](O)[C@H](O)[C@@H](CO)O[C@H]1O.[Cl-].[K+]. The zero-order chi connectivity index (χ0) is 9.30. The van der Waals surface area contributed by atoms with Gasteiger partial charge in [-0.25, -0.2) is 0 Å². The maximum absolute atomic E-state index is 9.20. The van der Waals surface area contributed by atoms with Crippen molar-refractivity contribution in [2.75, 3.05) is 6.61 Å². The van der Waals surface area contributed by atoms with Crippen molar-refractivity contribution in [3.05, 3.63) is 0 Å². The Morgan fingerprint density at radius 1 is 1.14 bits per heavy atom. The van der Waals surface area contributed by atoms with Crippen molar-refractivity contribution in [3.8, 4) is 0 Å². The summed E-state index contributed by atoms with van der Waals surface area (Å²) in [5, 5.41) is 36.1. The van der Waals surface area contributed by atoms with E-state index >= 15 is 0 Å². The minimum absolute atomic E-state index is 0. The third-order valence-corrected chi connectivity index (χ3v) is 1.95. The minimum atomic E-state index is -1.35. The first-order valence-electron chi connectivity index (χ1n) is 3.64. The van der Waals surface area contributed by atoms with Crippen LogP contribution in [0.25, 0.3) is 0 Å². The summed E-state index contributed by atoms with van der Waals surface area (Å²) in [6.45, 7) is -0.470. The van der Waals surface area contributed by atoms with E-state index < -0.39 is 37.3 Å². The Hall–Kier alpha value is 1.69. The minimum Gasteiger partial charge on any atom is -1.00 e. The van der Waals surface area contributed by atoms with E-state index in [0.29, 0.717) is 0 Å². The smallest absolute Gasteiger partial charge is 1.00 e. The summed E-state index contributed by atoms with van der Waals surface area (Å²) >= 11 is 0. The number of hydrogen-bond acceptors (Lipinski definition) is 6. The molecule has 6 nitrogen and oxygen atoms in total.